The molecule has 1 N–H and O–H groups in total. The molecule has 8 nitrogen and oxygen atoms in total. The average Bonchev–Trinajstić information content (AvgIpc) is 3.52. The number of aliphatic hydroxyl groups excluding tert-OH is 1. The molecule has 1 aliphatic heterocycles. The van der Waals surface area contributed by atoms with Crippen molar-refractivity contribution >= 4 is 12.3 Å². The molecule has 0 aromatic heterocycles. The van der Waals surface area contributed by atoms with Gasteiger partial charge >= 0.3 is 12.3 Å². The highest BCUT2D eigenvalue weighted by Gasteiger charge is 2.24. The molecule has 0 spiro atoms. The highest BCUT2D eigenvalue weighted by atomic mass is 16.7. The van der Waals surface area contributed by atoms with E-state index in [2.05, 4.69) is 0 Å². The van der Waals surface area contributed by atoms with Crippen molar-refractivity contribution in [2.24, 2.45) is 0 Å². The van der Waals surface area contributed by atoms with Crippen LogP contribution >= 0.6 is 0 Å². The van der Waals surface area contributed by atoms with Crippen LogP contribution in [0.4, 0.5) is 9.59 Å². The standard InChI is InChI=1S/C20H20O8/c21-10-1-11-24-19(22)27-16-6-2-14(3-7-16)15-4-8-17(9-5-15)28-20(23)26-13-18-12-25-18/h2-9,18,21H,1,10-13H2. The summed E-state index contributed by atoms with van der Waals surface area (Å²) in [5.74, 6) is 0.719. The van der Waals surface area contributed by atoms with Gasteiger partial charge in [0.05, 0.1) is 13.2 Å². The minimum atomic E-state index is -0.817. The highest BCUT2D eigenvalue weighted by molar-refractivity contribution is 5.68. The molecule has 1 saturated heterocycles. The molecular weight excluding hydrogens is 368 g/mol. The van der Waals surface area contributed by atoms with E-state index in [1.165, 1.54) is 0 Å². The van der Waals surface area contributed by atoms with Crippen molar-refractivity contribution < 1.29 is 38.4 Å². The number of epoxide rings is 1. The van der Waals surface area contributed by atoms with Crippen LogP contribution in [0.3, 0.4) is 0 Å². The summed E-state index contributed by atoms with van der Waals surface area (Å²) in [4.78, 5) is 23.0. The smallest absolute Gasteiger partial charge is 0.434 e. The minimum Gasteiger partial charge on any atom is -0.434 e. The monoisotopic (exact) mass is 388 g/mol. The van der Waals surface area contributed by atoms with Crippen molar-refractivity contribution in [2.75, 3.05) is 26.4 Å². The van der Waals surface area contributed by atoms with Crippen LogP contribution in [-0.2, 0) is 14.2 Å². The first-order chi connectivity index (χ1) is 13.6. The van der Waals surface area contributed by atoms with Crippen LogP contribution in [0.2, 0.25) is 0 Å². The summed E-state index contributed by atoms with van der Waals surface area (Å²) >= 11 is 0. The number of rotatable bonds is 8. The van der Waals surface area contributed by atoms with Crippen LogP contribution in [0, 0.1) is 0 Å². The molecule has 2 aromatic carbocycles. The van der Waals surface area contributed by atoms with Crippen molar-refractivity contribution in [3.05, 3.63) is 48.5 Å². The zero-order valence-electron chi connectivity index (χ0n) is 15.0. The second-order valence-corrected chi connectivity index (χ2v) is 5.94. The quantitative estimate of drug-likeness (QED) is 0.318. The van der Waals surface area contributed by atoms with Gasteiger partial charge < -0.3 is 28.8 Å². The first-order valence-electron chi connectivity index (χ1n) is 8.76. The Kier molecular flexibility index (Phi) is 6.83. The molecule has 28 heavy (non-hydrogen) atoms. The predicted molar refractivity (Wildman–Crippen MR) is 97.3 cm³/mol. The predicted octanol–water partition coefficient (Wildman–Crippen LogP) is 3.17. The van der Waals surface area contributed by atoms with Gasteiger partial charge in [-0.25, -0.2) is 9.59 Å². The van der Waals surface area contributed by atoms with Crippen molar-refractivity contribution in [1.82, 2.24) is 0 Å². The molecule has 148 valence electrons. The summed E-state index contributed by atoms with van der Waals surface area (Å²) in [6.07, 6.45) is -1.23. The third-order valence-electron chi connectivity index (χ3n) is 3.76. The van der Waals surface area contributed by atoms with Gasteiger partial charge in [-0.05, 0) is 35.4 Å². The van der Waals surface area contributed by atoms with Crippen molar-refractivity contribution in [1.29, 1.82) is 0 Å². The number of ether oxygens (including phenoxy) is 5. The van der Waals surface area contributed by atoms with Crippen LogP contribution in [0.15, 0.2) is 48.5 Å². The molecule has 1 atom stereocenters. The molecule has 0 radical (unpaired) electrons. The molecule has 1 fully saturated rings. The summed E-state index contributed by atoms with van der Waals surface area (Å²) in [5, 5.41) is 8.65. The zero-order valence-corrected chi connectivity index (χ0v) is 15.0. The second-order valence-electron chi connectivity index (χ2n) is 5.94. The maximum Gasteiger partial charge on any atom is 0.513 e. The lowest BCUT2D eigenvalue weighted by atomic mass is 10.1. The molecule has 0 bridgehead atoms. The first kappa shape index (κ1) is 19.7. The second kappa shape index (κ2) is 9.72. The van der Waals surface area contributed by atoms with Crippen molar-refractivity contribution in [2.45, 2.75) is 12.5 Å². The van der Waals surface area contributed by atoms with E-state index in [1.807, 2.05) is 0 Å². The van der Waals surface area contributed by atoms with E-state index in [4.69, 9.17) is 28.8 Å². The Morgan fingerprint density at radius 2 is 1.39 bits per heavy atom. The van der Waals surface area contributed by atoms with E-state index in [-0.39, 0.29) is 25.9 Å². The molecule has 0 aliphatic carbocycles. The summed E-state index contributed by atoms with van der Waals surface area (Å²) < 4.78 is 24.8. The third-order valence-corrected chi connectivity index (χ3v) is 3.76. The molecule has 0 saturated carbocycles. The normalized spacial score (nSPS) is 14.8. The van der Waals surface area contributed by atoms with E-state index in [0.29, 0.717) is 24.5 Å². The summed E-state index contributed by atoms with van der Waals surface area (Å²) in [7, 11) is 0. The molecule has 1 unspecified atom stereocenters. The minimum absolute atomic E-state index is 0.00993. The molecule has 1 heterocycles. The molecule has 8 heteroatoms. The van der Waals surface area contributed by atoms with Crippen LogP contribution in [0.1, 0.15) is 6.42 Å². The van der Waals surface area contributed by atoms with E-state index < -0.39 is 12.3 Å². The maximum absolute atomic E-state index is 11.5. The number of aliphatic hydroxyl groups is 1. The fraction of sp³-hybridized carbons (Fsp3) is 0.300. The van der Waals surface area contributed by atoms with E-state index in [1.54, 1.807) is 48.5 Å². The number of hydrogen-bond donors (Lipinski definition) is 1. The van der Waals surface area contributed by atoms with Gasteiger partial charge in [-0.1, -0.05) is 24.3 Å². The lowest BCUT2D eigenvalue weighted by Crippen LogP contribution is -2.14. The van der Waals surface area contributed by atoms with Gasteiger partial charge in [-0.3, -0.25) is 0 Å². The van der Waals surface area contributed by atoms with Crippen LogP contribution in [0.5, 0.6) is 11.5 Å². The topological polar surface area (TPSA) is 104 Å². The van der Waals surface area contributed by atoms with Gasteiger partial charge in [0.25, 0.3) is 0 Å². The van der Waals surface area contributed by atoms with Crippen molar-refractivity contribution in [3.8, 4) is 22.6 Å². The molecular formula is C20H20O8. The van der Waals surface area contributed by atoms with Gasteiger partial charge in [0.2, 0.25) is 0 Å². The van der Waals surface area contributed by atoms with Crippen LogP contribution in [0.25, 0.3) is 11.1 Å². The lowest BCUT2D eigenvalue weighted by Gasteiger charge is -2.08. The fourth-order valence-corrected chi connectivity index (χ4v) is 2.23. The molecule has 1 aliphatic rings. The lowest BCUT2D eigenvalue weighted by molar-refractivity contribution is 0.0911. The van der Waals surface area contributed by atoms with Crippen LogP contribution < -0.4 is 9.47 Å². The fourth-order valence-electron chi connectivity index (χ4n) is 2.23. The number of carbonyl (C=O) groups excluding carboxylic acids is 2. The number of benzene rings is 2. The van der Waals surface area contributed by atoms with Gasteiger partial charge in [0.1, 0.15) is 24.2 Å². The van der Waals surface area contributed by atoms with Gasteiger partial charge in [-0.15, -0.1) is 0 Å². The average molecular weight is 388 g/mol. The largest absolute Gasteiger partial charge is 0.513 e. The maximum atomic E-state index is 11.5. The Balaban J connectivity index is 1.50. The van der Waals surface area contributed by atoms with E-state index in [9.17, 15) is 9.59 Å². The Bertz CT molecular complexity index is 781. The number of hydrogen-bond acceptors (Lipinski definition) is 8. The van der Waals surface area contributed by atoms with E-state index in [0.717, 1.165) is 11.1 Å². The van der Waals surface area contributed by atoms with Gasteiger partial charge in [-0.2, -0.15) is 0 Å². The first-order valence-corrected chi connectivity index (χ1v) is 8.76. The summed E-state index contributed by atoms with van der Waals surface area (Å²) in [6, 6.07) is 13.8. The van der Waals surface area contributed by atoms with E-state index >= 15 is 0 Å². The Morgan fingerprint density at radius 1 is 0.893 bits per heavy atom. The molecule has 2 aromatic rings. The number of carbonyl (C=O) groups is 2. The summed E-state index contributed by atoms with van der Waals surface area (Å²) in [6.45, 7) is 0.850. The van der Waals surface area contributed by atoms with Crippen molar-refractivity contribution in [3.63, 3.8) is 0 Å². The highest BCUT2D eigenvalue weighted by Crippen LogP contribution is 2.25. The van der Waals surface area contributed by atoms with Gasteiger partial charge in [0, 0.05) is 13.0 Å². The third kappa shape index (κ3) is 6.26. The Hall–Kier alpha value is -3.10. The van der Waals surface area contributed by atoms with Gasteiger partial charge in [0.15, 0.2) is 0 Å². The Labute approximate surface area is 161 Å². The Morgan fingerprint density at radius 3 is 1.86 bits per heavy atom. The zero-order chi connectivity index (χ0) is 19.8. The SMILES string of the molecule is O=C(OCCCO)Oc1ccc(-c2ccc(OC(=O)OCC3CO3)cc2)cc1. The summed E-state index contributed by atoms with van der Waals surface area (Å²) in [5.41, 5.74) is 1.78. The molecule has 3 rings (SSSR count). The molecule has 0 amide bonds. The van der Waals surface area contributed by atoms with Crippen LogP contribution in [-0.4, -0.2) is 49.9 Å².